The molecule has 0 amide bonds. The van der Waals surface area contributed by atoms with Gasteiger partial charge in [-0.1, -0.05) is 20.8 Å². The molecule has 0 saturated heterocycles. The average Bonchev–Trinajstić information content (AvgIpc) is 2.74. The summed E-state index contributed by atoms with van der Waals surface area (Å²) in [5.41, 5.74) is 0.898. The summed E-state index contributed by atoms with van der Waals surface area (Å²) < 4.78 is 1.94. The number of Topliss-reactive ketones (excluding diaryl/α,β-unsaturated/α-hetero) is 1. The molecule has 0 spiro atoms. The number of aryl methyl sites for hydroxylation is 1. The number of nitro benzene ring substituents is 1. The third-order valence-corrected chi connectivity index (χ3v) is 3.34. The number of hydrogen-bond acceptors (Lipinski definition) is 3. The lowest BCUT2D eigenvalue weighted by molar-refractivity contribution is -0.384. The normalized spacial score (nSPS) is 11.8. The standard InChI is InChI=1S/C15H18N2O3/c1-5-16-9-12(14(18)15(2,3)4)11-8-10(17(19)20)6-7-13(11)16/h6-9H,5H2,1-4H3. The first-order chi connectivity index (χ1) is 9.25. The van der Waals surface area contributed by atoms with Crippen LogP contribution in [0.25, 0.3) is 10.9 Å². The molecular weight excluding hydrogens is 256 g/mol. The molecule has 2 aromatic rings. The van der Waals surface area contributed by atoms with Crippen molar-refractivity contribution in [2.45, 2.75) is 34.2 Å². The number of fused-ring (bicyclic) bond motifs is 1. The number of ketones is 1. The predicted molar refractivity (Wildman–Crippen MR) is 78.1 cm³/mol. The molecule has 2 rings (SSSR count). The van der Waals surface area contributed by atoms with E-state index in [1.165, 1.54) is 12.1 Å². The second kappa shape index (κ2) is 4.74. The maximum absolute atomic E-state index is 12.5. The smallest absolute Gasteiger partial charge is 0.270 e. The monoisotopic (exact) mass is 274 g/mol. The summed E-state index contributed by atoms with van der Waals surface area (Å²) >= 11 is 0. The molecule has 0 saturated carbocycles. The van der Waals surface area contributed by atoms with Crippen molar-refractivity contribution in [1.82, 2.24) is 4.57 Å². The molecule has 0 radical (unpaired) electrons. The van der Waals surface area contributed by atoms with Gasteiger partial charge in [0.2, 0.25) is 0 Å². The van der Waals surface area contributed by atoms with Crippen molar-refractivity contribution < 1.29 is 9.72 Å². The Hall–Kier alpha value is -2.17. The molecule has 0 atom stereocenters. The van der Waals surface area contributed by atoms with Crippen molar-refractivity contribution in [2.24, 2.45) is 5.41 Å². The predicted octanol–water partition coefficient (Wildman–Crippen LogP) is 3.80. The minimum absolute atomic E-state index is 0.00445. The largest absolute Gasteiger partial charge is 0.347 e. The number of benzene rings is 1. The second-order valence-corrected chi connectivity index (χ2v) is 5.87. The zero-order valence-corrected chi connectivity index (χ0v) is 12.1. The summed E-state index contributed by atoms with van der Waals surface area (Å²) in [6, 6.07) is 4.66. The van der Waals surface area contributed by atoms with Crippen LogP contribution in [0, 0.1) is 15.5 Å². The summed E-state index contributed by atoms with van der Waals surface area (Å²) in [5, 5.41) is 11.6. The highest BCUT2D eigenvalue weighted by atomic mass is 16.6. The van der Waals surface area contributed by atoms with E-state index in [9.17, 15) is 14.9 Å². The van der Waals surface area contributed by atoms with Gasteiger partial charge in [0.1, 0.15) is 0 Å². The van der Waals surface area contributed by atoms with Gasteiger partial charge in [0, 0.05) is 46.8 Å². The van der Waals surface area contributed by atoms with E-state index in [1.54, 1.807) is 12.3 Å². The maximum Gasteiger partial charge on any atom is 0.270 e. The average molecular weight is 274 g/mol. The van der Waals surface area contributed by atoms with E-state index in [4.69, 9.17) is 0 Å². The van der Waals surface area contributed by atoms with Crippen LogP contribution in [0.1, 0.15) is 38.1 Å². The lowest BCUT2D eigenvalue weighted by atomic mass is 9.86. The van der Waals surface area contributed by atoms with Crippen LogP contribution in [0.5, 0.6) is 0 Å². The highest BCUT2D eigenvalue weighted by Crippen LogP contribution is 2.30. The number of nitrogens with zero attached hydrogens (tertiary/aromatic N) is 2. The van der Waals surface area contributed by atoms with Crippen molar-refractivity contribution >= 4 is 22.4 Å². The summed E-state index contributed by atoms with van der Waals surface area (Å²) in [6.45, 7) is 8.24. The Morgan fingerprint density at radius 3 is 2.50 bits per heavy atom. The molecule has 0 N–H and O–H groups in total. The number of hydrogen-bond donors (Lipinski definition) is 0. The molecule has 0 unspecified atom stereocenters. The van der Waals surface area contributed by atoms with Crippen LogP contribution >= 0.6 is 0 Å². The summed E-state index contributed by atoms with van der Waals surface area (Å²) in [4.78, 5) is 23.0. The van der Waals surface area contributed by atoms with Gasteiger partial charge in [-0.2, -0.15) is 0 Å². The van der Waals surface area contributed by atoms with Gasteiger partial charge in [0.25, 0.3) is 5.69 Å². The summed E-state index contributed by atoms with van der Waals surface area (Å²) in [5.74, 6) is -0.00445. The number of non-ortho nitro benzene ring substituents is 1. The quantitative estimate of drug-likeness (QED) is 0.486. The van der Waals surface area contributed by atoms with Crippen molar-refractivity contribution in [3.63, 3.8) is 0 Å². The minimum Gasteiger partial charge on any atom is -0.347 e. The van der Waals surface area contributed by atoms with Crippen LogP contribution in [0.3, 0.4) is 0 Å². The van der Waals surface area contributed by atoms with E-state index in [-0.39, 0.29) is 11.5 Å². The molecule has 0 aliphatic carbocycles. The van der Waals surface area contributed by atoms with Gasteiger partial charge in [-0.05, 0) is 13.0 Å². The van der Waals surface area contributed by atoms with Gasteiger partial charge >= 0.3 is 0 Å². The van der Waals surface area contributed by atoms with Crippen molar-refractivity contribution in [1.29, 1.82) is 0 Å². The maximum atomic E-state index is 12.5. The molecule has 0 fully saturated rings. The Labute approximate surface area is 117 Å². The van der Waals surface area contributed by atoms with Crippen molar-refractivity contribution in [3.8, 4) is 0 Å². The summed E-state index contributed by atoms with van der Waals surface area (Å²) in [7, 11) is 0. The first kappa shape index (κ1) is 14.2. The highest BCUT2D eigenvalue weighted by molar-refractivity contribution is 6.10. The Morgan fingerprint density at radius 1 is 1.35 bits per heavy atom. The molecule has 20 heavy (non-hydrogen) atoms. The van der Waals surface area contributed by atoms with Crippen molar-refractivity contribution in [3.05, 3.63) is 40.1 Å². The molecule has 0 bridgehead atoms. The fourth-order valence-corrected chi connectivity index (χ4v) is 2.25. The van der Waals surface area contributed by atoms with Crippen LogP contribution in [-0.4, -0.2) is 15.3 Å². The van der Waals surface area contributed by atoms with E-state index in [1.807, 2.05) is 32.3 Å². The molecule has 1 aromatic carbocycles. The molecule has 0 aliphatic rings. The fourth-order valence-electron chi connectivity index (χ4n) is 2.25. The molecule has 0 aliphatic heterocycles. The third-order valence-electron chi connectivity index (χ3n) is 3.34. The van der Waals surface area contributed by atoms with Gasteiger partial charge in [0.15, 0.2) is 5.78 Å². The number of carbonyl (C=O) groups excluding carboxylic acids is 1. The van der Waals surface area contributed by atoms with Crippen LogP contribution in [0.4, 0.5) is 5.69 Å². The number of rotatable bonds is 3. The van der Waals surface area contributed by atoms with Gasteiger partial charge < -0.3 is 4.57 Å². The zero-order chi connectivity index (χ0) is 15.1. The van der Waals surface area contributed by atoms with E-state index in [2.05, 4.69) is 0 Å². The second-order valence-electron chi connectivity index (χ2n) is 5.87. The Morgan fingerprint density at radius 2 is 2.00 bits per heavy atom. The number of carbonyl (C=O) groups is 1. The lowest BCUT2D eigenvalue weighted by Crippen LogP contribution is -2.19. The molecule has 5 heteroatoms. The molecule has 1 heterocycles. The molecule has 5 nitrogen and oxygen atoms in total. The SMILES string of the molecule is CCn1cc(C(=O)C(C)(C)C)c2cc([N+](=O)[O-])ccc21. The number of nitro groups is 1. The van der Waals surface area contributed by atoms with Crippen LogP contribution in [0.2, 0.25) is 0 Å². The highest BCUT2D eigenvalue weighted by Gasteiger charge is 2.27. The van der Waals surface area contributed by atoms with Crippen molar-refractivity contribution in [2.75, 3.05) is 0 Å². The molecule has 106 valence electrons. The topological polar surface area (TPSA) is 65.1 Å². The van der Waals surface area contributed by atoms with Gasteiger partial charge in [0.05, 0.1) is 4.92 Å². The number of aromatic nitrogens is 1. The zero-order valence-electron chi connectivity index (χ0n) is 12.1. The van der Waals surface area contributed by atoms with Gasteiger partial charge in [-0.15, -0.1) is 0 Å². The van der Waals surface area contributed by atoms with E-state index in [0.717, 1.165) is 5.52 Å². The Kier molecular flexibility index (Phi) is 3.38. The van der Waals surface area contributed by atoms with Crippen LogP contribution in [-0.2, 0) is 6.54 Å². The van der Waals surface area contributed by atoms with E-state index in [0.29, 0.717) is 17.5 Å². The van der Waals surface area contributed by atoms with E-state index >= 15 is 0 Å². The third kappa shape index (κ3) is 2.31. The van der Waals surface area contributed by atoms with Gasteiger partial charge in [-0.3, -0.25) is 14.9 Å². The first-order valence-corrected chi connectivity index (χ1v) is 6.57. The van der Waals surface area contributed by atoms with Crippen LogP contribution in [0.15, 0.2) is 24.4 Å². The minimum atomic E-state index is -0.516. The summed E-state index contributed by atoms with van der Waals surface area (Å²) in [6.07, 6.45) is 1.79. The Bertz CT molecular complexity index is 693. The Balaban J connectivity index is 2.73. The molecular formula is C15H18N2O3. The van der Waals surface area contributed by atoms with E-state index < -0.39 is 10.3 Å². The first-order valence-electron chi connectivity index (χ1n) is 6.57. The lowest BCUT2D eigenvalue weighted by Gasteiger charge is -2.15. The molecule has 1 aromatic heterocycles. The van der Waals surface area contributed by atoms with Gasteiger partial charge in [-0.25, -0.2) is 0 Å². The van der Waals surface area contributed by atoms with Crippen LogP contribution < -0.4 is 0 Å². The fraction of sp³-hybridized carbons (Fsp3) is 0.400.